The molecule has 17 heavy (non-hydrogen) atoms. The summed E-state index contributed by atoms with van der Waals surface area (Å²) in [7, 11) is 0. The molecule has 0 amide bonds. The number of benzene rings is 1. The van der Waals surface area contributed by atoms with Crippen molar-refractivity contribution in [2.45, 2.75) is 6.18 Å². The number of halogens is 3. The highest BCUT2D eigenvalue weighted by molar-refractivity contribution is 5.33. The zero-order valence-corrected chi connectivity index (χ0v) is 8.45. The summed E-state index contributed by atoms with van der Waals surface area (Å²) in [4.78, 5) is 6.26. The summed E-state index contributed by atoms with van der Waals surface area (Å²) in [5.41, 5.74) is 4.57. The fraction of sp³-hybridized carbons (Fsp3) is 0.100. The summed E-state index contributed by atoms with van der Waals surface area (Å²) in [6, 6.07) is 4.54. The Labute approximate surface area is 94.2 Å². The minimum Gasteiger partial charge on any atom is -0.426 e. The molecule has 0 saturated heterocycles. The van der Waals surface area contributed by atoms with Crippen LogP contribution in [0, 0.1) is 0 Å². The van der Waals surface area contributed by atoms with E-state index in [0.717, 1.165) is 12.1 Å². The minimum atomic E-state index is -4.40. The van der Waals surface area contributed by atoms with Gasteiger partial charge in [-0.25, -0.2) is 4.98 Å². The molecule has 0 unspecified atom stereocenters. The van der Waals surface area contributed by atoms with E-state index >= 15 is 0 Å². The zero-order chi connectivity index (χ0) is 12.5. The van der Waals surface area contributed by atoms with Gasteiger partial charge in [0.05, 0.1) is 11.8 Å². The molecule has 0 fully saturated rings. The second kappa shape index (κ2) is 4.00. The molecular weight excluding hydrogens is 235 g/mol. The fourth-order valence-electron chi connectivity index (χ4n) is 1.22. The monoisotopic (exact) mass is 243 g/mol. The Bertz CT molecular complexity index is 522. The van der Waals surface area contributed by atoms with Gasteiger partial charge in [0.25, 0.3) is 0 Å². The third-order valence-corrected chi connectivity index (χ3v) is 1.95. The van der Waals surface area contributed by atoms with Crippen LogP contribution >= 0.6 is 0 Å². The first-order chi connectivity index (χ1) is 7.95. The highest BCUT2D eigenvalue weighted by atomic mass is 19.4. The molecule has 3 N–H and O–H groups in total. The van der Waals surface area contributed by atoms with Crippen molar-refractivity contribution >= 4 is 5.82 Å². The van der Waals surface area contributed by atoms with Gasteiger partial charge >= 0.3 is 12.2 Å². The summed E-state index contributed by atoms with van der Waals surface area (Å²) >= 11 is 0. The molecule has 0 radical (unpaired) electrons. The molecule has 0 saturated carbocycles. The van der Waals surface area contributed by atoms with Crippen molar-refractivity contribution in [1.82, 2.24) is 9.97 Å². The first-order valence-corrected chi connectivity index (χ1v) is 4.61. The van der Waals surface area contributed by atoms with Gasteiger partial charge in [0.15, 0.2) is 0 Å². The van der Waals surface area contributed by atoms with Crippen molar-refractivity contribution in [3.8, 4) is 11.8 Å². The van der Waals surface area contributed by atoms with E-state index in [4.69, 9.17) is 10.5 Å². The Morgan fingerprint density at radius 1 is 1.29 bits per heavy atom. The van der Waals surface area contributed by atoms with Gasteiger partial charge in [-0.2, -0.15) is 13.2 Å². The van der Waals surface area contributed by atoms with Crippen molar-refractivity contribution in [2.24, 2.45) is 0 Å². The molecule has 1 aromatic heterocycles. The van der Waals surface area contributed by atoms with E-state index in [2.05, 4.69) is 9.97 Å². The number of nitrogen functional groups attached to an aromatic ring is 1. The Hall–Kier alpha value is -2.18. The van der Waals surface area contributed by atoms with Gasteiger partial charge in [0, 0.05) is 0 Å². The Morgan fingerprint density at radius 2 is 2.06 bits per heavy atom. The van der Waals surface area contributed by atoms with Gasteiger partial charge in [-0.3, -0.25) is 4.98 Å². The quantitative estimate of drug-likeness (QED) is 0.852. The van der Waals surface area contributed by atoms with E-state index in [1.807, 2.05) is 0 Å². The second-order valence-electron chi connectivity index (χ2n) is 3.27. The Morgan fingerprint density at radius 3 is 2.65 bits per heavy atom. The molecule has 0 aliphatic carbocycles. The highest BCUT2D eigenvalue weighted by Gasteiger charge is 2.30. The molecule has 7 heteroatoms. The number of hydrogen-bond acceptors (Lipinski definition) is 3. The summed E-state index contributed by atoms with van der Waals surface area (Å²) in [6.45, 7) is 0. The van der Waals surface area contributed by atoms with Gasteiger partial charge in [-0.05, 0) is 18.2 Å². The van der Waals surface area contributed by atoms with Gasteiger partial charge in [0.2, 0.25) is 0 Å². The van der Waals surface area contributed by atoms with Crippen LogP contribution < -0.4 is 10.5 Å². The maximum absolute atomic E-state index is 12.4. The van der Waals surface area contributed by atoms with Crippen molar-refractivity contribution in [1.29, 1.82) is 0 Å². The molecule has 4 nitrogen and oxygen atoms in total. The van der Waals surface area contributed by atoms with E-state index in [0.29, 0.717) is 0 Å². The zero-order valence-electron chi connectivity index (χ0n) is 8.45. The fourth-order valence-corrected chi connectivity index (χ4v) is 1.22. The summed E-state index contributed by atoms with van der Waals surface area (Å²) in [5, 5.41) is 0. The average Bonchev–Trinajstić information content (AvgIpc) is 2.63. The molecule has 2 rings (SSSR count). The first kappa shape index (κ1) is 11.3. The molecule has 1 heterocycles. The van der Waals surface area contributed by atoms with Crippen LogP contribution in [-0.4, -0.2) is 9.97 Å². The largest absolute Gasteiger partial charge is 0.426 e. The standard InChI is InChI=1S/C10H8F3N3O/c11-10(12,13)6-2-1-3-7(4-6)17-9-15-5-8(14)16-9/h1-5H,14H2,(H,15,16). The number of imidazole rings is 1. The number of H-pyrrole nitrogens is 1. The number of nitrogens with one attached hydrogen (secondary N) is 1. The molecule has 0 bridgehead atoms. The molecule has 1 aromatic carbocycles. The molecule has 0 atom stereocenters. The van der Waals surface area contributed by atoms with Crippen LogP contribution in [0.2, 0.25) is 0 Å². The normalized spacial score (nSPS) is 11.5. The van der Waals surface area contributed by atoms with E-state index in [-0.39, 0.29) is 17.6 Å². The maximum Gasteiger partial charge on any atom is 0.416 e. The van der Waals surface area contributed by atoms with Crippen LogP contribution in [0.15, 0.2) is 30.5 Å². The molecule has 2 aromatic rings. The lowest BCUT2D eigenvalue weighted by molar-refractivity contribution is -0.137. The number of alkyl halides is 3. The number of anilines is 1. The van der Waals surface area contributed by atoms with Gasteiger partial charge in [0.1, 0.15) is 11.6 Å². The van der Waals surface area contributed by atoms with Crippen LogP contribution in [-0.2, 0) is 6.18 Å². The lowest BCUT2D eigenvalue weighted by Gasteiger charge is -2.08. The molecule has 0 aliphatic heterocycles. The molecule has 0 spiro atoms. The summed E-state index contributed by atoms with van der Waals surface area (Å²) in [5.74, 6) is 0.307. The van der Waals surface area contributed by atoms with Gasteiger partial charge in [-0.1, -0.05) is 6.07 Å². The van der Waals surface area contributed by atoms with Crippen LogP contribution in [0.25, 0.3) is 0 Å². The van der Waals surface area contributed by atoms with Crippen LogP contribution in [0.3, 0.4) is 0 Å². The number of ether oxygens (including phenoxy) is 1. The van der Waals surface area contributed by atoms with E-state index in [1.54, 1.807) is 0 Å². The predicted octanol–water partition coefficient (Wildman–Crippen LogP) is 2.80. The van der Waals surface area contributed by atoms with E-state index < -0.39 is 11.7 Å². The summed E-state index contributed by atoms with van der Waals surface area (Å²) in [6.07, 6.45) is -3.09. The van der Waals surface area contributed by atoms with Crippen molar-refractivity contribution < 1.29 is 17.9 Å². The molecule has 0 aliphatic rings. The predicted molar refractivity (Wildman–Crippen MR) is 54.5 cm³/mol. The Kier molecular flexibility index (Phi) is 2.66. The smallest absolute Gasteiger partial charge is 0.416 e. The number of nitrogens with zero attached hydrogens (tertiary/aromatic N) is 1. The van der Waals surface area contributed by atoms with Crippen LogP contribution in [0.4, 0.5) is 19.0 Å². The lowest BCUT2D eigenvalue weighted by Crippen LogP contribution is -2.04. The third-order valence-electron chi connectivity index (χ3n) is 1.95. The van der Waals surface area contributed by atoms with Crippen molar-refractivity contribution in [3.05, 3.63) is 36.0 Å². The van der Waals surface area contributed by atoms with Crippen LogP contribution in [0.1, 0.15) is 5.56 Å². The summed E-state index contributed by atoms with van der Waals surface area (Å²) < 4.78 is 42.3. The van der Waals surface area contributed by atoms with Crippen molar-refractivity contribution in [2.75, 3.05) is 5.73 Å². The SMILES string of the molecule is Nc1cnc(Oc2cccc(C(F)(F)F)c2)[nH]1. The topological polar surface area (TPSA) is 63.9 Å². The highest BCUT2D eigenvalue weighted by Crippen LogP contribution is 2.32. The van der Waals surface area contributed by atoms with Gasteiger partial charge < -0.3 is 10.5 Å². The lowest BCUT2D eigenvalue weighted by atomic mass is 10.2. The Balaban J connectivity index is 2.22. The van der Waals surface area contributed by atoms with Crippen LogP contribution in [0.5, 0.6) is 11.8 Å². The number of aromatic amines is 1. The molecular formula is C10H8F3N3O. The van der Waals surface area contributed by atoms with Gasteiger partial charge in [-0.15, -0.1) is 0 Å². The van der Waals surface area contributed by atoms with E-state index in [9.17, 15) is 13.2 Å². The van der Waals surface area contributed by atoms with Crippen molar-refractivity contribution in [3.63, 3.8) is 0 Å². The minimum absolute atomic E-state index is 0.0363. The average molecular weight is 243 g/mol. The first-order valence-electron chi connectivity index (χ1n) is 4.61. The number of aromatic nitrogens is 2. The third kappa shape index (κ3) is 2.68. The number of rotatable bonds is 2. The second-order valence-corrected chi connectivity index (χ2v) is 3.27. The maximum atomic E-state index is 12.4. The molecule has 90 valence electrons. The number of hydrogen-bond donors (Lipinski definition) is 2. The van der Waals surface area contributed by atoms with E-state index in [1.165, 1.54) is 18.3 Å². The number of nitrogens with two attached hydrogens (primary N) is 1.